The van der Waals surface area contributed by atoms with Gasteiger partial charge in [-0.3, -0.25) is 9.78 Å². The zero-order valence-corrected chi connectivity index (χ0v) is 14.0. The SMILES string of the molecule is CN(C)c1ccc(NC(=O)CCc2nc(-c3ccccn3)no2)cn1. The molecular formula is C17H18N6O2. The first-order valence-corrected chi connectivity index (χ1v) is 7.79. The van der Waals surface area contributed by atoms with Crippen molar-refractivity contribution in [3.63, 3.8) is 0 Å². The first-order valence-electron chi connectivity index (χ1n) is 7.79. The summed E-state index contributed by atoms with van der Waals surface area (Å²) in [6.45, 7) is 0. The highest BCUT2D eigenvalue weighted by atomic mass is 16.5. The number of carbonyl (C=O) groups excluding carboxylic acids is 1. The highest BCUT2D eigenvalue weighted by Crippen LogP contribution is 2.14. The fourth-order valence-electron chi connectivity index (χ4n) is 2.12. The molecule has 1 amide bonds. The van der Waals surface area contributed by atoms with E-state index in [4.69, 9.17) is 4.52 Å². The highest BCUT2D eigenvalue weighted by Gasteiger charge is 2.11. The Labute approximate surface area is 144 Å². The maximum absolute atomic E-state index is 12.0. The molecule has 0 fully saturated rings. The molecular weight excluding hydrogens is 320 g/mol. The van der Waals surface area contributed by atoms with E-state index in [2.05, 4.69) is 25.4 Å². The largest absolute Gasteiger partial charge is 0.363 e. The van der Waals surface area contributed by atoms with Crippen molar-refractivity contribution in [3.05, 3.63) is 48.6 Å². The van der Waals surface area contributed by atoms with Gasteiger partial charge in [0.2, 0.25) is 17.6 Å². The van der Waals surface area contributed by atoms with Crippen molar-refractivity contribution in [2.24, 2.45) is 0 Å². The molecule has 3 aromatic rings. The average Bonchev–Trinajstić information content (AvgIpc) is 3.10. The van der Waals surface area contributed by atoms with Gasteiger partial charge in [-0.2, -0.15) is 4.98 Å². The smallest absolute Gasteiger partial charge is 0.227 e. The number of nitrogens with one attached hydrogen (secondary N) is 1. The standard InChI is InChI=1S/C17H18N6O2/c1-23(2)14-7-6-12(11-19-14)20-15(24)8-9-16-21-17(22-25-16)13-5-3-4-10-18-13/h3-7,10-11H,8-9H2,1-2H3,(H,20,24). The van der Waals surface area contributed by atoms with Gasteiger partial charge in [0.05, 0.1) is 11.9 Å². The van der Waals surface area contributed by atoms with Crippen LogP contribution in [0.15, 0.2) is 47.2 Å². The Balaban J connectivity index is 1.53. The van der Waals surface area contributed by atoms with Gasteiger partial charge >= 0.3 is 0 Å². The quantitative estimate of drug-likeness (QED) is 0.735. The van der Waals surface area contributed by atoms with Crippen LogP contribution >= 0.6 is 0 Å². The Bertz CT molecular complexity index is 830. The van der Waals surface area contributed by atoms with E-state index in [0.717, 1.165) is 5.82 Å². The number of aryl methyl sites for hydroxylation is 1. The Morgan fingerprint density at radius 2 is 2.08 bits per heavy atom. The van der Waals surface area contributed by atoms with Crippen molar-refractivity contribution in [2.75, 3.05) is 24.3 Å². The maximum atomic E-state index is 12.0. The van der Waals surface area contributed by atoms with E-state index in [0.29, 0.717) is 29.5 Å². The molecule has 0 atom stereocenters. The van der Waals surface area contributed by atoms with Crippen LogP contribution < -0.4 is 10.2 Å². The normalized spacial score (nSPS) is 10.5. The van der Waals surface area contributed by atoms with Crippen molar-refractivity contribution < 1.29 is 9.32 Å². The van der Waals surface area contributed by atoms with E-state index in [1.807, 2.05) is 43.3 Å². The van der Waals surface area contributed by atoms with E-state index < -0.39 is 0 Å². The number of nitrogens with zero attached hydrogens (tertiary/aromatic N) is 5. The van der Waals surface area contributed by atoms with Crippen LogP contribution in [0.3, 0.4) is 0 Å². The average molecular weight is 338 g/mol. The number of rotatable bonds is 6. The lowest BCUT2D eigenvalue weighted by Gasteiger charge is -2.11. The number of anilines is 2. The summed E-state index contributed by atoms with van der Waals surface area (Å²) in [6, 6.07) is 9.11. The van der Waals surface area contributed by atoms with Crippen LogP contribution in [0.4, 0.5) is 11.5 Å². The van der Waals surface area contributed by atoms with Gasteiger partial charge in [-0.25, -0.2) is 4.98 Å². The predicted octanol–water partition coefficient (Wildman–Crippen LogP) is 2.16. The van der Waals surface area contributed by atoms with Crippen LogP contribution in [0.2, 0.25) is 0 Å². The van der Waals surface area contributed by atoms with Crippen LogP contribution in [0.25, 0.3) is 11.5 Å². The summed E-state index contributed by atoms with van der Waals surface area (Å²) in [4.78, 5) is 26.6. The van der Waals surface area contributed by atoms with E-state index in [1.54, 1.807) is 18.5 Å². The molecule has 1 N–H and O–H groups in total. The number of amides is 1. The lowest BCUT2D eigenvalue weighted by Crippen LogP contribution is -2.14. The minimum Gasteiger partial charge on any atom is -0.363 e. The molecule has 0 aromatic carbocycles. The Morgan fingerprint density at radius 3 is 2.76 bits per heavy atom. The van der Waals surface area contributed by atoms with Crippen LogP contribution in [-0.2, 0) is 11.2 Å². The Morgan fingerprint density at radius 1 is 1.20 bits per heavy atom. The molecule has 128 valence electrons. The fourth-order valence-corrected chi connectivity index (χ4v) is 2.12. The predicted molar refractivity (Wildman–Crippen MR) is 93.0 cm³/mol. The summed E-state index contributed by atoms with van der Waals surface area (Å²) < 4.78 is 5.16. The molecule has 3 heterocycles. The zero-order valence-electron chi connectivity index (χ0n) is 14.0. The third-order valence-corrected chi connectivity index (χ3v) is 3.42. The number of pyridine rings is 2. The molecule has 0 bridgehead atoms. The molecule has 0 saturated carbocycles. The molecule has 0 saturated heterocycles. The van der Waals surface area contributed by atoms with E-state index in [9.17, 15) is 4.79 Å². The van der Waals surface area contributed by atoms with Gasteiger partial charge in [-0.1, -0.05) is 11.2 Å². The Hall–Kier alpha value is -3.29. The molecule has 8 nitrogen and oxygen atoms in total. The molecule has 25 heavy (non-hydrogen) atoms. The van der Waals surface area contributed by atoms with Crippen molar-refractivity contribution in [3.8, 4) is 11.5 Å². The van der Waals surface area contributed by atoms with Crippen molar-refractivity contribution >= 4 is 17.4 Å². The zero-order chi connectivity index (χ0) is 17.6. The molecule has 0 aliphatic heterocycles. The van der Waals surface area contributed by atoms with Crippen LogP contribution in [-0.4, -0.2) is 40.1 Å². The third kappa shape index (κ3) is 4.37. The molecule has 0 aliphatic carbocycles. The monoisotopic (exact) mass is 338 g/mol. The lowest BCUT2D eigenvalue weighted by molar-refractivity contribution is -0.116. The topological polar surface area (TPSA) is 97.0 Å². The first-order chi connectivity index (χ1) is 12.1. The molecule has 3 aromatic heterocycles. The molecule has 3 rings (SSSR count). The minimum atomic E-state index is -0.142. The summed E-state index contributed by atoms with van der Waals surface area (Å²) in [5.41, 5.74) is 1.28. The lowest BCUT2D eigenvalue weighted by atomic mass is 10.3. The number of hydrogen-bond acceptors (Lipinski definition) is 7. The van der Waals surface area contributed by atoms with Gasteiger partial charge in [0.25, 0.3) is 0 Å². The molecule has 0 radical (unpaired) electrons. The van der Waals surface area contributed by atoms with Crippen molar-refractivity contribution in [2.45, 2.75) is 12.8 Å². The van der Waals surface area contributed by atoms with Gasteiger partial charge < -0.3 is 14.7 Å². The highest BCUT2D eigenvalue weighted by molar-refractivity contribution is 5.90. The van der Waals surface area contributed by atoms with Gasteiger partial charge in [0, 0.05) is 33.1 Å². The first kappa shape index (κ1) is 16.6. The second kappa shape index (κ2) is 7.52. The van der Waals surface area contributed by atoms with Crippen LogP contribution in [0.1, 0.15) is 12.3 Å². The Kier molecular flexibility index (Phi) is 4.98. The molecule has 0 aliphatic rings. The van der Waals surface area contributed by atoms with Crippen LogP contribution in [0, 0.1) is 0 Å². The summed E-state index contributed by atoms with van der Waals surface area (Å²) in [7, 11) is 3.81. The second-order valence-corrected chi connectivity index (χ2v) is 5.57. The van der Waals surface area contributed by atoms with E-state index >= 15 is 0 Å². The third-order valence-electron chi connectivity index (χ3n) is 3.42. The molecule has 0 spiro atoms. The summed E-state index contributed by atoms with van der Waals surface area (Å²) in [5.74, 6) is 1.50. The maximum Gasteiger partial charge on any atom is 0.227 e. The van der Waals surface area contributed by atoms with Crippen LogP contribution in [0.5, 0.6) is 0 Å². The summed E-state index contributed by atoms with van der Waals surface area (Å²) in [6.07, 6.45) is 3.88. The summed E-state index contributed by atoms with van der Waals surface area (Å²) in [5, 5.41) is 6.67. The number of carbonyl (C=O) groups is 1. The van der Waals surface area contributed by atoms with E-state index in [1.165, 1.54) is 0 Å². The van der Waals surface area contributed by atoms with E-state index in [-0.39, 0.29) is 12.3 Å². The van der Waals surface area contributed by atoms with Gasteiger partial charge in [-0.15, -0.1) is 0 Å². The summed E-state index contributed by atoms with van der Waals surface area (Å²) >= 11 is 0. The molecule has 0 unspecified atom stereocenters. The van der Waals surface area contributed by atoms with Crippen molar-refractivity contribution in [1.29, 1.82) is 0 Å². The van der Waals surface area contributed by atoms with Crippen molar-refractivity contribution in [1.82, 2.24) is 20.1 Å². The minimum absolute atomic E-state index is 0.142. The molecule has 8 heteroatoms. The second-order valence-electron chi connectivity index (χ2n) is 5.57. The number of hydrogen-bond donors (Lipinski definition) is 1. The fraction of sp³-hybridized carbons (Fsp3) is 0.235. The van der Waals surface area contributed by atoms with Gasteiger partial charge in [0.15, 0.2) is 0 Å². The van der Waals surface area contributed by atoms with Gasteiger partial charge in [-0.05, 0) is 24.3 Å². The van der Waals surface area contributed by atoms with Gasteiger partial charge in [0.1, 0.15) is 11.5 Å². The number of aromatic nitrogens is 4.